The lowest BCUT2D eigenvalue weighted by molar-refractivity contribution is 0.0965. The first-order chi connectivity index (χ1) is 12.0. The third-order valence-electron chi connectivity index (χ3n) is 4.22. The Morgan fingerprint density at radius 3 is 2.52 bits per heavy atom. The smallest absolute Gasteiger partial charge is 0.291 e. The first kappa shape index (κ1) is 21.2. The summed E-state index contributed by atoms with van der Waals surface area (Å²) >= 11 is 0. The van der Waals surface area contributed by atoms with E-state index in [1.165, 1.54) is 0 Å². The van der Waals surface area contributed by atoms with Gasteiger partial charge in [0.25, 0.3) is 11.9 Å². The van der Waals surface area contributed by atoms with Crippen LogP contribution >= 0.6 is 0 Å². The van der Waals surface area contributed by atoms with Crippen molar-refractivity contribution in [3.63, 3.8) is 0 Å². The second-order valence-electron chi connectivity index (χ2n) is 6.15. The van der Waals surface area contributed by atoms with E-state index < -0.39 is 0 Å². The maximum absolute atomic E-state index is 12.4. The molecule has 25 heavy (non-hydrogen) atoms. The number of benzene rings is 1. The molecule has 0 aliphatic heterocycles. The molecule has 1 aromatic carbocycles. The Balaban J connectivity index is 2.63. The van der Waals surface area contributed by atoms with E-state index in [0.717, 1.165) is 38.0 Å². The highest BCUT2D eigenvalue weighted by Gasteiger charge is 2.13. The quantitative estimate of drug-likeness (QED) is 0.548. The van der Waals surface area contributed by atoms with Crippen LogP contribution in [0, 0.1) is 6.92 Å². The van der Waals surface area contributed by atoms with E-state index in [-0.39, 0.29) is 11.9 Å². The molecule has 1 amide bonds. The zero-order chi connectivity index (χ0) is 18.7. The Bertz CT molecular complexity index is 554. The van der Waals surface area contributed by atoms with E-state index in [1.807, 2.05) is 38.1 Å². The summed E-state index contributed by atoms with van der Waals surface area (Å²) in [5.41, 5.74) is 1.58. The minimum atomic E-state index is -0.180. The van der Waals surface area contributed by atoms with Gasteiger partial charge >= 0.3 is 0 Å². The minimum absolute atomic E-state index is 0.106. The highest BCUT2D eigenvalue weighted by molar-refractivity contribution is 6.04. The molecule has 5 heteroatoms. The Kier molecular flexibility index (Phi) is 9.85. The van der Waals surface area contributed by atoms with E-state index in [9.17, 15) is 4.79 Å². The van der Waals surface area contributed by atoms with Gasteiger partial charge in [0.2, 0.25) is 0 Å². The lowest BCUT2D eigenvalue weighted by Gasteiger charge is -2.18. The number of hydrogen-bond donors (Lipinski definition) is 1. The van der Waals surface area contributed by atoms with Gasteiger partial charge < -0.3 is 9.64 Å². The van der Waals surface area contributed by atoms with Crippen molar-refractivity contribution in [3.05, 3.63) is 35.4 Å². The molecule has 0 aliphatic carbocycles. The monoisotopic (exact) mass is 347 g/mol. The fourth-order valence-electron chi connectivity index (χ4n) is 2.65. The molecule has 1 rings (SSSR count). The van der Waals surface area contributed by atoms with Crippen molar-refractivity contribution in [2.75, 3.05) is 26.2 Å². The summed E-state index contributed by atoms with van der Waals surface area (Å²) in [7, 11) is 0. The molecule has 1 N–H and O–H groups in total. The van der Waals surface area contributed by atoms with E-state index in [4.69, 9.17) is 4.74 Å². The number of hydrogen-bond acceptors (Lipinski definition) is 4. The van der Waals surface area contributed by atoms with Crippen molar-refractivity contribution in [2.45, 2.75) is 53.5 Å². The molecular formula is C20H33N3O2. The molecule has 0 fully saturated rings. The molecule has 0 aromatic heterocycles. The van der Waals surface area contributed by atoms with Crippen LogP contribution in [0.15, 0.2) is 29.3 Å². The van der Waals surface area contributed by atoms with Crippen molar-refractivity contribution in [1.29, 1.82) is 0 Å². The minimum Gasteiger partial charge on any atom is -0.465 e. The molecule has 0 saturated heterocycles. The number of amides is 1. The van der Waals surface area contributed by atoms with Gasteiger partial charge in [0.05, 0.1) is 12.6 Å². The summed E-state index contributed by atoms with van der Waals surface area (Å²) in [6.07, 6.45) is 2.05. The van der Waals surface area contributed by atoms with E-state index >= 15 is 0 Å². The molecule has 5 nitrogen and oxygen atoms in total. The van der Waals surface area contributed by atoms with E-state index in [0.29, 0.717) is 18.2 Å². The summed E-state index contributed by atoms with van der Waals surface area (Å²) in [5, 5.41) is 2.81. The van der Waals surface area contributed by atoms with Gasteiger partial charge in [-0.15, -0.1) is 0 Å². The molecule has 1 atom stereocenters. The Morgan fingerprint density at radius 1 is 1.24 bits per heavy atom. The SMILES string of the molecule is CCOC(=N[C@@H](C)CCCN(CC)CC)NC(=O)c1ccccc1C. The van der Waals surface area contributed by atoms with Crippen molar-refractivity contribution < 1.29 is 9.53 Å². The molecule has 0 heterocycles. The maximum Gasteiger partial charge on any atom is 0.291 e. The number of carbonyl (C=O) groups is 1. The topological polar surface area (TPSA) is 53.9 Å². The lowest BCUT2D eigenvalue weighted by Crippen LogP contribution is -2.34. The van der Waals surface area contributed by atoms with Crippen LogP contribution in [0.2, 0.25) is 0 Å². The van der Waals surface area contributed by atoms with Crippen LogP contribution in [-0.4, -0.2) is 49.1 Å². The maximum atomic E-state index is 12.4. The van der Waals surface area contributed by atoms with Gasteiger partial charge in [-0.3, -0.25) is 10.1 Å². The van der Waals surface area contributed by atoms with Crippen LogP contribution in [0.25, 0.3) is 0 Å². The average molecular weight is 348 g/mol. The van der Waals surface area contributed by atoms with Gasteiger partial charge in [0.1, 0.15) is 0 Å². The largest absolute Gasteiger partial charge is 0.465 e. The standard InChI is InChI=1S/C20H33N3O2/c1-6-23(7-2)15-11-13-17(5)21-20(25-8-3)22-19(24)18-14-10-9-12-16(18)4/h9-10,12,14,17H,6-8,11,13,15H2,1-5H3,(H,21,22,24)/t17-/m0/s1. The van der Waals surface area contributed by atoms with E-state index in [2.05, 4.69) is 36.0 Å². The lowest BCUT2D eigenvalue weighted by atomic mass is 10.1. The highest BCUT2D eigenvalue weighted by atomic mass is 16.5. The first-order valence-corrected chi connectivity index (χ1v) is 9.31. The number of ether oxygens (including phenoxy) is 1. The van der Waals surface area contributed by atoms with Crippen LogP contribution in [0.3, 0.4) is 0 Å². The highest BCUT2D eigenvalue weighted by Crippen LogP contribution is 2.08. The van der Waals surface area contributed by atoms with Crippen molar-refractivity contribution >= 4 is 11.9 Å². The molecule has 0 saturated carbocycles. The number of nitrogens with one attached hydrogen (secondary N) is 1. The van der Waals surface area contributed by atoms with Crippen molar-refractivity contribution in [3.8, 4) is 0 Å². The predicted octanol–water partition coefficient (Wildman–Crippen LogP) is 3.63. The summed E-state index contributed by atoms with van der Waals surface area (Å²) in [6, 6.07) is 7.92. The number of nitrogens with zero attached hydrogens (tertiary/aromatic N) is 2. The summed E-state index contributed by atoms with van der Waals surface area (Å²) in [5.74, 6) is -0.180. The number of aliphatic imine (C=N–C) groups is 1. The third kappa shape index (κ3) is 7.69. The summed E-state index contributed by atoms with van der Waals surface area (Å²) in [4.78, 5) is 19.4. The number of carbonyl (C=O) groups excluding carboxylic acids is 1. The molecule has 0 unspecified atom stereocenters. The van der Waals surface area contributed by atoms with Crippen molar-refractivity contribution in [2.24, 2.45) is 4.99 Å². The molecule has 1 aromatic rings. The van der Waals surface area contributed by atoms with Gasteiger partial charge in [-0.2, -0.15) is 0 Å². The number of aryl methyl sites for hydroxylation is 1. The van der Waals surface area contributed by atoms with Crippen LogP contribution < -0.4 is 5.32 Å². The van der Waals surface area contributed by atoms with Crippen LogP contribution in [0.5, 0.6) is 0 Å². The molecular weight excluding hydrogens is 314 g/mol. The predicted molar refractivity (Wildman–Crippen MR) is 104 cm³/mol. The third-order valence-corrected chi connectivity index (χ3v) is 4.22. The molecule has 0 bridgehead atoms. The van der Waals surface area contributed by atoms with Crippen molar-refractivity contribution in [1.82, 2.24) is 10.2 Å². The fraction of sp³-hybridized carbons (Fsp3) is 0.600. The first-order valence-electron chi connectivity index (χ1n) is 9.31. The second kappa shape index (κ2) is 11.6. The van der Waals surface area contributed by atoms with Crippen LogP contribution in [-0.2, 0) is 4.74 Å². The zero-order valence-electron chi connectivity index (χ0n) is 16.3. The van der Waals surface area contributed by atoms with Gasteiger partial charge in [0, 0.05) is 5.56 Å². The van der Waals surface area contributed by atoms with Crippen LogP contribution in [0.4, 0.5) is 0 Å². The average Bonchev–Trinajstić information content (AvgIpc) is 2.59. The Labute approximate surface area is 152 Å². The fourth-order valence-corrected chi connectivity index (χ4v) is 2.65. The van der Waals surface area contributed by atoms with Crippen LogP contribution in [0.1, 0.15) is 56.5 Å². The summed E-state index contributed by atoms with van der Waals surface area (Å²) in [6.45, 7) is 13.9. The Morgan fingerprint density at radius 2 is 1.92 bits per heavy atom. The molecule has 0 aliphatic rings. The number of amidine groups is 1. The molecule has 0 spiro atoms. The molecule has 0 radical (unpaired) electrons. The van der Waals surface area contributed by atoms with E-state index in [1.54, 1.807) is 0 Å². The van der Waals surface area contributed by atoms with Gasteiger partial charge in [0.15, 0.2) is 0 Å². The summed E-state index contributed by atoms with van der Waals surface area (Å²) < 4.78 is 5.52. The molecule has 140 valence electrons. The Hall–Kier alpha value is -1.88. The zero-order valence-corrected chi connectivity index (χ0v) is 16.3. The second-order valence-corrected chi connectivity index (χ2v) is 6.15. The van der Waals surface area contributed by atoms with Gasteiger partial charge in [-0.1, -0.05) is 32.0 Å². The normalized spacial score (nSPS) is 13.0. The van der Waals surface area contributed by atoms with Gasteiger partial charge in [-0.05, 0) is 64.9 Å². The van der Waals surface area contributed by atoms with Gasteiger partial charge in [-0.25, -0.2) is 4.99 Å². The number of rotatable bonds is 9.